The summed E-state index contributed by atoms with van der Waals surface area (Å²) in [4.78, 5) is 5.27. The Bertz CT molecular complexity index is 887. The molecule has 0 aliphatic rings. The molecule has 0 unspecified atom stereocenters. The molecule has 5 heteroatoms. The summed E-state index contributed by atoms with van der Waals surface area (Å²) in [6, 6.07) is 12.2. The van der Waals surface area contributed by atoms with Gasteiger partial charge >= 0.3 is 0 Å². The van der Waals surface area contributed by atoms with E-state index in [-0.39, 0.29) is 6.61 Å². The topological polar surface area (TPSA) is 47.3 Å². The number of aliphatic hydroxyl groups is 1. The van der Waals surface area contributed by atoms with Gasteiger partial charge in [0.25, 0.3) is 0 Å². The molecule has 0 radical (unpaired) electrons. The second-order valence-electron chi connectivity index (χ2n) is 6.81. The molecule has 3 rings (SSSR count). The summed E-state index contributed by atoms with van der Waals surface area (Å²) in [6.45, 7) is 7.27. The molecule has 2 heterocycles. The number of hydrogen-bond acceptors (Lipinski definition) is 4. The largest absolute Gasteiger partial charge is 0.497 e. The minimum absolute atomic E-state index is 0.0544. The van der Waals surface area contributed by atoms with Crippen molar-refractivity contribution in [3.8, 4) is 5.75 Å². The molecular formula is C22H26N2O2S. The van der Waals surface area contributed by atoms with Crippen LogP contribution in [0.4, 0.5) is 0 Å². The molecule has 4 nitrogen and oxygen atoms in total. The molecule has 2 aromatic heterocycles. The van der Waals surface area contributed by atoms with E-state index in [2.05, 4.69) is 42.5 Å². The lowest BCUT2D eigenvalue weighted by Gasteiger charge is -2.14. The fraction of sp³-hybridized carbons (Fsp3) is 0.318. The Morgan fingerprint density at radius 1 is 1.11 bits per heavy atom. The highest BCUT2D eigenvalue weighted by atomic mass is 32.2. The Morgan fingerprint density at radius 3 is 2.33 bits per heavy atom. The van der Waals surface area contributed by atoms with E-state index in [0.717, 1.165) is 28.4 Å². The summed E-state index contributed by atoms with van der Waals surface area (Å²) in [7, 11) is 1.68. The molecular weight excluding hydrogens is 356 g/mol. The van der Waals surface area contributed by atoms with Crippen LogP contribution in [0.1, 0.15) is 42.1 Å². The van der Waals surface area contributed by atoms with E-state index < -0.39 is 0 Å². The van der Waals surface area contributed by atoms with Crippen molar-refractivity contribution in [2.75, 3.05) is 7.11 Å². The number of hydrogen-bond donors (Lipinski definition) is 1. The molecule has 0 saturated heterocycles. The molecule has 3 aromatic rings. The van der Waals surface area contributed by atoms with Gasteiger partial charge in [-0.15, -0.1) is 0 Å². The normalized spacial score (nSPS) is 11.2. The molecule has 0 saturated carbocycles. The maximum Gasteiger partial charge on any atom is 0.118 e. The quantitative estimate of drug-likeness (QED) is 0.624. The molecule has 0 aliphatic heterocycles. The molecule has 0 fully saturated rings. The average Bonchev–Trinajstić information content (AvgIpc) is 2.94. The van der Waals surface area contributed by atoms with Crippen molar-refractivity contribution in [2.24, 2.45) is 0 Å². The highest BCUT2D eigenvalue weighted by molar-refractivity contribution is 7.99. The molecule has 0 amide bonds. The Labute approximate surface area is 165 Å². The van der Waals surface area contributed by atoms with Crippen LogP contribution >= 0.6 is 11.8 Å². The van der Waals surface area contributed by atoms with Crippen LogP contribution in [0.5, 0.6) is 5.75 Å². The van der Waals surface area contributed by atoms with E-state index in [4.69, 9.17) is 4.74 Å². The van der Waals surface area contributed by atoms with Gasteiger partial charge in [0.2, 0.25) is 0 Å². The summed E-state index contributed by atoms with van der Waals surface area (Å²) in [5.74, 6) is 1.17. The van der Waals surface area contributed by atoms with Crippen molar-refractivity contribution in [3.05, 3.63) is 71.2 Å². The first-order valence-corrected chi connectivity index (χ1v) is 9.90. The summed E-state index contributed by atoms with van der Waals surface area (Å²) in [5, 5.41) is 11.2. The second kappa shape index (κ2) is 8.63. The number of aromatic nitrogens is 2. The highest BCUT2D eigenvalue weighted by Crippen LogP contribution is 2.40. The molecule has 142 valence electrons. The van der Waals surface area contributed by atoms with Crippen LogP contribution in [0.3, 0.4) is 0 Å². The number of rotatable bonds is 7. The van der Waals surface area contributed by atoms with Gasteiger partial charge in [-0.25, -0.2) is 0 Å². The van der Waals surface area contributed by atoms with Gasteiger partial charge in [-0.05, 0) is 60.4 Å². The summed E-state index contributed by atoms with van der Waals surface area (Å²) in [6.07, 6.45) is 3.64. The lowest BCUT2D eigenvalue weighted by atomic mass is 10.0. The van der Waals surface area contributed by atoms with Gasteiger partial charge in [-0.1, -0.05) is 25.6 Å². The first-order valence-electron chi connectivity index (χ1n) is 9.08. The van der Waals surface area contributed by atoms with Gasteiger partial charge in [-0.3, -0.25) is 4.98 Å². The van der Waals surface area contributed by atoms with Crippen molar-refractivity contribution in [1.82, 2.24) is 9.55 Å². The van der Waals surface area contributed by atoms with E-state index in [1.165, 1.54) is 16.2 Å². The summed E-state index contributed by atoms with van der Waals surface area (Å²) in [5.41, 5.74) is 4.58. The third-order valence-corrected chi connectivity index (χ3v) is 5.88. The number of pyridine rings is 1. The summed E-state index contributed by atoms with van der Waals surface area (Å²) < 4.78 is 7.58. The number of benzene rings is 1. The zero-order chi connectivity index (χ0) is 19.4. The zero-order valence-corrected chi connectivity index (χ0v) is 17.1. The van der Waals surface area contributed by atoms with Crippen LogP contribution in [0.25, 0.3) is 0 Å². The standard InChI is InChI=1S/C22H26N2O2S/c1-15(2)21-20(14-25)16(3)24(13-17-9-11-23-12-10-17)22(21)27-19-7-5-18(26-4)6-8-19/h5-12,15,25H,13-14H2,1-4H3. The second-order valence-corrected chi connectivity index (χ2v) is 7.88. The van der Waals surface area contributed by atoms with Gasteiger partial charge in [0, 0.05) is 35.1 Å². The van der Waals surface area contributed by atoms with Crippen molar-refractivity contribution in [3.63, 3.8) is 0 Å². The fourth-order valence-corrected chi connectivity index (χ4v) is 4.58. The molecule has 1 aromatic carbocycles. The van der Waals surface area contributed by atoms with Gasteiger partial charge in [-0.2, -0.15) is 0 Å². The number of ether oxygens (including phenoxy) is 1. The van der Waals surface area contributed by atoms with Crippen LogP contribution in [0.2, 0.25) is 0 Å². The smallest absolute Gasteiger partial charge is 0.118 e. The highest BCUT2D eigenvalue weighted by Gasteiger charge is 2.23. The van der Waals surface area contributed by atoms with E-state index >= 15 is 0 Å². The van der Waals surface area contributed by atoms with E-state index in [0.29, 0.717) is 5.92 Å². The zero-order valence-electron chi connectivity index (χ0n) is 16.3. The van der Waals surface area contributed by atoms with Crippen LogP contribution in [0, 0.1) is 6.92 Å². The predicted octanol–water partition coefficient (Wildman–Crippen LogP) is 5.02. The Kier molecular flexibility index (Phi) is 6.24. The van der Waals surface area contributed by atoms with Gasteiger partial charge in [0.15, 0.2) is 0 Å². The minimum Gasteiger partial charge on any atom is -0.497 e. The predicted molar refractivity (Wildman–Crippen MR) is 110 cm³/mol. The monoisotopic (exact) mass is 382 g/mol. The van der Waals surface area contributed by atoms with Crippen molar-refractivity contribution in [2.45, 2.75) is 49.8 Å². The van der Waals surface area contributed by atoms with E-state index in [9.17, 15) is 5.11 Å². The Balaban J connectivity index is 2.07. The van der Waals surface area contributed by atoms with Crippen LogP contribution in [-0.4, -0.2) is 21.8 Å². The van der Waals surface area contributed by atoms with Gasteiger partial charge < -0.3 is 14.4 Å². The number of nitrogens with zero attached hydrogens (tertiary/aromatic N) is 2. The molecule has 0 spiro atoms. The van der Waals surface area contributed by atoms with Gasteiger partial charge in [0.05, 0.1) is 18.7 Å². The first kappa shape index (κ1) is 19.5. The third-order valence-electron chi connectivity index (χ3n) is 4.74. The number of methoxy groups -OCH3 is 1. The van der Waals surface area contributed by atoms with Crippen LogP contribution in [-0.2, 0) is 13.2 Å². The number of aliphatic hydroxyl groups excluding tert-OH is 1. The molecule has 27 heavy (non-hydrogen) atoms. The molecule has 0 bridgehead atoms. The fourth-order valence-electron chi connectivity index (χ4n) is 3.31. The first-order chi connectivity index (χ1) is 13.0. The third kappa shape index (κ3) is 4.20. The van der Waals surface area contributed by atoms with E-state index in [1.54, 1.807) is 18.9 Å². The maximum atomic E-state index is 10.0. The van der Waals surface area contributed by atoms with Crippen LogP contribution in [0.15, 0.2) is 58.7 Å². The molecule has 0 aliphatic carbocycles. The van der Waals surface area contributed by atoms with E-state index in [1.807, 2.05) is 36.7 Å². The molecule has 0 atom stereocenters. The SMILES string of the molecule is COc1ccc(Sc2c(C(C)C)c(CO)c(C)n2Cc2ccncc2)cc1. The maximum absolute atomic E-state index is 10.0. The summed E-state index contributed by atoms with van der Waals surface area (Å²) >= 11 is 1.74. The van der Waals surface area contributed by atoms with Gasteiger partial charge in [0.1, 0.15) is 5.75 Å². The average molecular weight is 383 g/mol. The molecule has 1 N–H and O–H groups in total. The van der Waals surface area contributed by atoms with Crippen molar-refractivity contribution in [1.29, 1.82) is 0 Å². The Hall–Kier alpha value is -2.24. The lowest BCUT2D eigenvalue weighted by Crippen LogP contribution is -2.04. The minimum atomic E-state index is 0.0544. The lowest BCUT2D eigenvalue weighted by molar-refractivity contribution is 0.279. The van der Waals surface area contributed by atoms with Crippen molar-refractivity contribution >= 4 is 11.8 Å². The van der Waals surface area contributed by atoms with Crippen LogP contribution < -0.4 is 4.74 Å². The van der Waals surface area contributed by atoms with Crippen molar-refractivity contribution < 1.29 is 9.84 Å². The Morgan fingerprint density at radius 2 is 1.78 bits per heavy atom.